The fourth-order valence-corrected chi connectivity index (χ4v) is 3.25. The minimum atomic E-state index is -0.600. The van der Waals surface area contributed by atoms with E-state index in [0.29, 0.717) is 30.8 Å². The molecule has 116 valence electrons. The summed E-state index contributed by atoms with van der Waals surface area (Å²) < 4.78 is 0. The number of hydrogen-bond acceptors (Lipinski definition) is 7. The Bertz CT molecular complexity index is 554. The summed E-state index contributed by atoms with van der Waals surface area (Å²) >= 11 is 5.94. The number of rotatable bonds is 5. The van der Waals surface area contributed by atoms with E-state index in [1.807, 2.05) is 11.8 Å². The van der Waals surface area contributed by atoms with Gasteiger partial charge in [-0.25, -0.2) is 0 Å². The average molecular weight is 314 g/mol. The van der Waals surface area contributed by atoms with Gasteiger partial charge in [0, 0.05) is 19.0 Å². The zero-order valence-corrected chi connectivity index (χ0v) is 12.9. The Morgan fingerprint density at radius 2 is 2.29 bits per heavy atom. The summed E-state index contributed by atoms with van der Waals surface area (Å²) in [5.74, 6) is 1.66. The first-order chi connectivity index (χ1) is 10.0. The summed E-state index contributed by atoms with van der Waals surface area (Å²) in [5.41, 5.74) is 0.418. The van der Waals surface area contributed by atoms with Crippen LogP contribution in [-0.2, 0) is 0 Å². The predicted molar refractivity (Wildman–Crippen MR) is 81.7 cm³/mol. The summed E-state index contributed by atoms with van der Waals surface area (Å²) in [4.78, 5) is 10.3. The lowest BCUT2D eigenvalue weighted by atomic mass is 9.97. The Morgan fingerprint density at radius 1 is 1.57 bits per heavy atom. The van der Waals surface area contributed by atoms with Crippen LogP contribution in [0, 0.1) is 11.3 Å². The molecule has 2 heterocycles. The molecule has 1 saturated carbocycles. The third-order valence-electron chi connectivity index (χ3n) is 4.70. The highest BCUT2D eigenvalue weighted by Crippen LogP contribution is 2.54. The van der Waals surface area contributed by atoms with Crippen LogP contribution in [0.4, 0.5) is 17.3 Å². The number of aliphatic hydroxyl groups excluding tert-OH is 2. The van der Waals surface area contributed by atoms with Crippen LogP contribution >= 0.6 is 11.6 Å². The molecular formula is C13H20ClN5O2. The second-order valence-electron chi connectivity index (χ2n) is 5.86. The second-order valence-corrected chi connectivity index (χ2v) is 6.20. The quantitative estimate of drug-likeness (QED) is 0.596. The summed E-state index contributed by atoms with van der Waals surface area (Å²) in [6, 6.07) is 0. The molecule has 0 saturated heterocycles. The van der Waals surface area contributed by atoms with Gasteiger partial charge in [0.15, 0.2) is 11.6 Å². The van der Waals surface area contributed by atoms with Gasteiger partial charge in [0.25, 0.3) is 0 Å². The van der Waals surface area contributed by atoms with Crippen LogP contribution in [0.5, 0.6) is 0 Å². The highest BCUT2D eigenvalue weighted by Gasteiger charge is 2.56. The molecule has 3 atom stereocenters. The predicted octanol–water partition coefficient (Wildman–Crippen LogP) is 0.740. The molecule has 0 radical (unpaired) electrons. The summed E-state index contributed by atoms with van der Waals surface area (Å²) in [6.45, 7) is 3.00. The molecule has 1 aromatic heterocycles. The minimum absolute atomic E-state index is 0.00968. The van der Waals surface area contributed by atoms with Crippen molar-refractivity contribution in [3.05, 3.63) is 5.28 Å². The maximum Gasteiger partial charge on any atom is 0.226 e. The number of halogens is 1. The van der Waals surface area contributed by atoms with E-state index >= 15 is 0 Å². The average Bonchev–Trinajstić information content (AvgIpc) is 2.99. The zero-order chi connectivity index (χ0) is 15.2. The maximum absolute atomic E-state index is 10.5. The summed E-state index contributed by atoms with van der Waals surface area (Å²) in [6.07, 6.45) is 0.252. The Labute approximate surface area is 128 Å². The third kappa shape index (κ3) is 2.29. The molecule has 0 aromatic carbocycles. The van der Waals surface area contributed by atoms with E-state index in [0.717, 1.165) is 12.1 Å². The highest BCUT2D eigenvalue weighted by molar-refractivity contribution is 6.28. The van der Waals surface area contributed by atoms with Gasteiger partial charge in [-0.3, -0.25) is 0 Å². The molecule has 3 rings (SSSR count). The first-order valence-electron chi connectivity index (χ1n) is 7.05. The maximum atomic E-state index is 10.5. The Hall–Kier alpha value is -1.31. The topological polar surface area (TPSA) is 93.5 Å². The van der Waals surface area contributed by atoms with E-state index in [-0.39, 0.29) is 17.3 Å². The smallest absolute Gasteiger partial charge is 0.226 e. The van der Waals surface area contributed by atoms with Gasteiger partial charge in [0.2, 0.25) is 5.28 Å². The minimum Gasteiger partial charge on any atom is -0.396 e. The van der Waals surface area contributed by atoms with E-state index < -0.39 is 6.10 Å². The molecule has 1 aliphatic heterocycles. The molecule has 4 N–H and O–H groups in total. The molecule has 21 heavy (non-hydrogen) atoms. The SMILES string of the molecule is CNc1nc(Cl)nc2c1NCN2CC(O)C1(CO)CC1C. The number of nitrogens with zero attached hydrogens (tertiary/aromatic N) is 3. The molecular weight excluding hydrogens is 294 g/mol. The number of aliphatic hydroxyl groups is 2. The molecule has 1 aliphatic carbocycles. The molecule has 7 nitrogen and oxygen atoms in total. The molecule has 2 aliphatic rings. The van der Waals surface area contributed by atoms with Crippen LogP contribution in [0.25, 0.3) is 0 Å². The van der Waals surface area contributed by atoms with Crippen molar-refractivity contribution in [2.45, 2.75) is 19.4 Å². The zero-order valence-electron chi connectivity index (χ0n) is 12.1. The van der Waals surface area contributed by atoms with E-state index in [1.54, 1.807) is 7.05 Å². The van der Waals surface area contributed by atoms with E-state index in [2.05, 4.69) is 20.6 Å². The van der Waals surface area contributed by atoms with Crippen LogP contribution in [0.3, 0.4) is 0 Å². The summed E-state index contributed by atoms with van der Waals surface area (Å²) in [7, 11) is 1.77. The summed E-state index contributed by atoms with van der Waals surface area (Å²) in [5, 5.41) is 26.4. The van der Waals surface area contributed by atoms with Crippen molar-refractivity contribution in [2.24, 2.45) is 11.3 Å². The Balaban J connectivity index is 1.80. The van der Waals surface area contributed by atoms with E-state index in [9.17, 15) is 10.2 Å². The van der Waals surface area contributed by atoms with Gasteiger partial charge in [0.05, 0.1) is 19.4 Å². The monoisotopic (exact) mass is 313 g/mol. The van der Waals surface area contributed by atoms with Crippen molar-refractivity contribution in [1.82, 2.24) is 9.97 Å². The van der Waals surface area contributed by atoms with Gasteiger partial charge in [0.1, 0.15) is 5.69 Å². The van der Waals surface area contributed by atoms with Crippen LogP contribution in [0.2, 0.25) is 5.28 Å². The molecule has 1 aromatic rings. The van der Waals surface area contributed by atoms with Crippen LogP contribution < -0.4 is 15.5 Å². The normalized spacial score (nSPS) is 28.0. The standard InChI is InChI=1S/C13H20ClN5O2/c1-7-3-13(7,5-20)8(21)4-19-6-16-9-10(15-2)17-12(14)18-11(9)19/h7-8,16,20-21H,3-6H2,1-2H3,(H,15,17,18). The van der Waals surface area contributed by atoms with Crippen molar-refractivity contribution in [1.29, 1.82) is 0 Å². The lowest BCUT2D eigenvalue weighted by molar-refractivity contribution is 0.0471. The van der Waals surface area contributed by atoms with Crippen LogP contribution in [0.15, 0.2) is 0 Å². The van der Waals surface area contributed by atoms with Crippen molar-refractivity contribution >= 4 is 28.9 Å². The van der Waals surface area contributed by atoms with Crippen molar-refractivity contribution in [3.8, 4) is 0 Å². The molecule has 0 bridgehead atoms. The van der Waals surface area contributed by atoms with Gasteiger partial charge in [-0.15, -0.1) is 0 Å². The van der Waals surface area contributed by atoms with Gasteiger partial charge in [-0.05, 0) is 23.9 Å². The highest BCUT2D eigenvalue weighted by atomic mass is 35.5. The first-order valence-corrected chi connectivity index (χ1v) is 7.42. The lowest BCUT2D eigenvalue weighted by Crippen LogP contribution is -2.40. The number of β-amino-alcohol motifs (C(OH)–C–C–N with tert-alkyl or cyclic N) is 1. The molecule has 0 spiro atoms. The van der Waals surface area contributed by atoms with Crippen LogP contribution in [0.1, 0.15) is 13.3 Å². The largest absolute Gasteiger partial charge is 0.396 e. The number of fused-ring (bicyclic) bond motifs is 1. The van der Waals surface area contributed by atoms with E-state index in [1.165, 1.54) is 0 Å². The number of aromatic nitrogens is 2. The van der Waals surface area contributed by atoms with Crippen molar-refractivity contribution in [3.63, 3.8) is 0 Å². The molecule has 1 fully saturated rings. The fourth-order valence-electron chi connectivity index (χ4n) is 3.09. The number of anilines is 3. The lowest BCUT2D eigenvalue weighted by Gasteiger charge is -2.26. The van der Waals surface area contributed by atoms with Crippen molar-refractivity contribution < 1.29 is 10.2 Å². The van der Waals surface area contributed by atoms with Gasteiger partial charge in [-0.1, -0.05) is 6.92 Å². The van der Waals surface area contributed by atoms with Gasteiger partial charge >= 0.3 is 0 Å². The number of nitrogens with one attached hydrogen (secondary N) is 2. The van der Waals surface area contributed by atoms with Gasteiger partial charge in [-0.2, -0.15) is 9.97 Å². The van der Waals surface area contributed by atoms with Gasteiger partial charge < -0.3 is 25.7 Å². The van der Waals surface area contributed by atoms with E-state index in [4.69, 9.17) is 11.6 Å². The number of hydrogen-bond donors (Lipinski definition) is 4. The molecule has 0 amide bonds. The van der Waals surface area contributed by atoms with Crippen molar-refractivity contribution in [2.75, 3.05) is 42.4 Å². The second kappa shape index (κ2) is 5.15. The fraction of sp³-hybridized carbons (Fsp3) is 0.692. The third-order valence-corrected chi connectivity index (χ3v) is 4.87. The molecule has 3 unspecified atom stereocenters. The first kappa shape index (κ1) is 14.6. The van der Waals surface area contributed by atoms with Crippen LogP contribution in [-0.4, -0.2) is 53.2 Å². The Morgan fingerprint density at radius 3 is 2.86 bits per heavy atom. The Kier molecular flexibility index (Phi) is 3.59. The molecule has 8 heteroatoms.